The summed E-state index contributed by atoms with van der Waals surface area (Å²) < 4.78 is 5.42. The van der Waals surface area contributed by atoms with Crippen LogP contribution in [-0.2, 0) is 4.74 Å². The molecule has 1 heterocycles. The third kappa shape index (κ3) is 1.97. The van der Waals surface area contributed by atoms with E-state index in [-0.39, 0.29) is 5.60 Å². The highest BCUT2D eigenvalue weighted by molar-refractivity contribution is 5.76. The lowest BCUT2D eigenvalue weighted by molar-refractivity contribution is -0.0351. The molecule has 1 atom stereocenters. The topological polar surface area (TPSA) is 36.3 Å². The summed E-state index contributed by atoms with van der Waals surface area (Å²) in [6.07, 6.45) is 2.23. The molecule has 1 unspecified atom stereocenters. The van der Waals surface area contributed by atoms with Gasteiger partial charge in [0, 0.05) is 20.2 Å². The zero-order valence-electron chi connectivity index (χ0n) is 8.18. The number of nitrogens with one attached hydrogen (secondary N) is 1. The Morgan fingerprint density at radius 2 is 2.25 bits per heavy atom. The lowest BCUT2D eigenvalue weighted by Gasteiger charge is -2.40. The number of methoxy groups -OCH3 is 1. The number of likely N-dealkylation sites (tertiary alicyclic amines) is 1. The number of nitrogens with zero attached hydrogens (tertiary/aromatic N) is 1. The largest absolute Gasteiger partial charge is 0.377 e. The van der Waals surface area contributed by atoms with Crippen LogP contribution in [0.4, 0.5) is 0 Å². The van der Waals surface area contributed by atoms with Gasteiger partial charge in [-0.1, -0.05) is 0 Å². The quantitative estimate of drug-likeness (QED) is 0.478. The van der Waals surface area contributed by atoms with E-state index in [2.05, 4.69) is 11.8 Å². The maximum Gasteiger partial charge on any atom is 0.0926 e. The van der Waals surface area contributed by atoms with Crippen LogP contribution >= 0.6 is 0 Å². The van der Waals surface area contributed by atoms with Crippen molar-refractivity contribution in [2.75, 3.05) is 20.2 Å². The molecule has 0 aromatic heterocycles. The van der Waals surface area contributed by atoms with E-state index in [9.17, 15) is 0 Å². The summed E-state index contributed by atoms with van der Waals surface area (Å²) in [5.41, 5.74) is -0.0411. The fourth-order valence-corrected chi connectivity index (χ4v) is 1.66. The van der Waals surface area contributed by atoms with Crippen LogP contribution in [0.2, 0.25) is 0 Å². The van der Waals surface area contributed by atoms with E-state index in [0.717, 1.165) is 25.9 Å². The van der Waals surface area contributed by atoms with E-state index in [1.54, 1.807) is 7.11 Å². The Morgan fingerprint density at radius 3 is 2.75 bits per heavy atom. The van der Waals surface area contributed by atoms with Crippen LogP contribution in [0.5, 0.6) is 0 Å². The molecule has 3 heteroatoms. The minimum Gasteiger partial charge on any atom is -0.377 e. The SMILES string of the molecule is COC1(C)CCCN(C(C)=N)C1. The normalized spacial score (nSPS) is 30.4. The van der Waals surface area contributed by atoms with Gasteiger partial charge >= 0.3 is 0 Å². The second-order valence-corrected chi connectivity index (χ2v) is 3.76. The van der Waals surface area contributed by atoms with Gasteiger partial charge in [-0.2, -0.15) is 0 Å². The van der Waals surface area contributed by atoms with Gasteiger partial charge in [-0.05, 0) is 26.7 Å². The maximum absolute atomic E-state index is 7.51. The molecular formula is C9H18N2O. The van der Waals surface area contributed by atoms with Gasteiger partial charge in [0.15, 0.2) is 0 Å². The van der Waals surface area contributed by atoms with Crippen molar-refractivity contribution < 1.29 is 4.74 Å². The van der Waals surface area contributed by atoms with E-state index in [4.69, 9.17) is 10.1 Å². The van der Waals surface area contributed by atoms with Gasteiger partial charge in [0.05, 0.1) is 11.4 Å². The molecule has 1 aliphatic heterocycles. The summed E-state index contributed by atoms with van der Waals surface area (Å²) in [4.78, 5) is 2.08. The molecule has 0 aromatic rings. The molecule has 0 spiro atoms. The molecule has 1 N–H and O–H groups in total. The van der Waals surface area contributed by atoms with E-state index in [1.807, 2.05) is 6.92 Å². The molecule has 1 rings (SSSR count). The Kier molecular flexibility index (Phi) is 2.73. The van der Waals surface area contributed by atoms with Gasteiger partial charge < -0.3 is 9.64 Å². The van der Waals surface area contributed by atoms with Gasteiger partial charge in [0.2, 0.25) is 0 Å². The summed E-state index contributed by atoms with van der Waals surface area (Å²) in [6, 6.07) is 0. The fourth-order valence-electron chi connectivity index (χ4n) is 1.66. The molecule has 0 amide bonds. The fraction of sp³-hybridized carbons (Fsp3) is 0.889. The summed E-state index contributed by atoms with van der Waals surface area (Å²) in [6.45, 7) is 5.82. The average Bonchev–Trinajstić information content (AvgIpc) is 2.05. The number of amidine groups is 1. The van der Waals surface area contributed by atoms with Gasteiger partial charge in [0.25, 0.3) is 0 Å². The predicted molar refractivity (Wildman–Crippen MR) is 49.6 cm³/mol. The molecule has 0 aliphatic carbocycles. The first kappa shape index (κ1) is 9.52. The highest BCUT2D eigenvalue weighted by Gasteiger charge is 2.30. The van der Waals surface area contributed by atoms with Crippen LogP contribution in [-0.4, -0.2) is 36.5 Å². The first-order valence-electron chi connectivity index (χ1n) is 4.43. The summed E-state index contributed by atoms with van der Waals surface area (Å²) in [5, 5.41) is 7.51. The molecule has 12 heavy (non-hydrogen) atoms. The molecule has 1 fully saturated rings. The van der Waals surface area contributed by atoms with Crippen LogP contribution in [0.3, 0.4) is 0 Å². The van der Waals surface area contributed by atoms with Gasteiger partial charge in [-0.25, -0.2) is 0 Å². The van der Waals surface area contributed by atoms with E-state index in [0.29, 0.717) is 5.84 Å². The van der Waals surface area contributed by atoms with E-state index >= 15 is 0 Å². The summed E-state index contributed by atoms with van der Waals surface area (Å²) in [5.74, 6) is 0.651. The standard InChI is InChI=1S/C9H18N2O/c1-8(10)11-6-4-5-9(2,7-11)12-3/h10H,4-7H2,1-3H3. The number of ether oxygens (including phenoxy) is 1. The highest BCUT2D eigenvalue weighted by Crippen LogP contribution is 2.23. The maximum atomic E-state index is 7.51. The second-order valence-electron chi connectivity index (χ2n) is 3.76. The van der Waals surface area contributed by atoms with Crippen molar-refractivity contribution in [1.82, 2.24) is 4.90 Å². The Labute approximate surface area is 74.2 Å². The smallest absolute Gasteiger partial charge is 0.0926 e. The van der Waals surface area contributed by atoms with Crippen molar-refractivity contribution in [3.05, 3.63) is 0 Å². The van der Waals surface area contributed by atoms with Crippen LogP contribution in [0.1, 0.15) is 26.7 Å². The van der Waals surface area contributed by atoms with Gasteiger partial charge in [-0.15, -0.1) is 0 Å². The first-order valence-corrected chi connectivity index (χ1v) is 4.43. The predicted octanol–water partition coefficient (Wildman–Crippen LogP) is 1.48. The highest BCUT2D eigenvalue weighted by atomic mass is 16.5. The molecule has 0 bridgehead atoms. The molecular weight excluding hydrogens is 152 g/mol. The average molecular weight is 170 g/mol. The molecule has 1 saturated heterocycles. The number of hydrogen-bond donors (Lipinski definition) is 1. The third-order valence-electron chi connectivity index (χ3n) is 2.63. The van der Waals surface area contributed by atoms with Crippen LogP contribution in [0, 0.1) is 5.41 Å². The van der Waals surface area contributed by atoms with Gasteiger partial charge in [0.1, 0.15) is 0 Å². The van der Waals surface area contributed by atoms with E-state index in [1.165, 1.54) is 0 Å². The lowest BCUT2D eigenvalue weighted by Crippen LogP contribution is -2.48. The Hall–Kier alpha value is -0.570. The van der Waals surface area contributed by atoms with Crippen molar-refractivity contribution in [2.24, 2.45) is 0 Å². The molecule has 0 radical (unpaired) electrons. The lowest BCUT2D eigenvalue weighted by atomic mass is 9.95. The molecule has 70 valence electrons. The minimum atomic E-state index is -0.0411. The second kappa shape index (κ2) is 3.44. The van der Waals surface area contributed by atoms with Crippen molar-refractivity contribution in [1.29, 1.82) is 5.41 Å². The van der Waals surface area contributed by atoms with Crippen LogP contribution in [0.15, 0.2) is 0 Å². The Bertz CT molecular complexity index is 181. The van der Waals surface area contributed by atoms with Crippen molar-refractivity contribution >= 4 is 5.84 Å². The zero-order chi connectivity index (χ0) is 9.19. The van der Waals surface area contributed by atoms with Crippen molar-refractivity contribution in [3.63, 3.8) is 0 Å². The van der Waals surface area contributed by atoms with Crippen molar-refractivity contribution in [3.8, 4) is 0 Å². The minimum absolute atomic E-state index is 0.0411. The van der Waals surface area contributed by atoms with Crippen molar-refractivity contribution in [2.45, 2.75) is 32.3 Å². The summed E-state index contributed by atoms with van der Waals surface area (Å²) >= 11 is 0. The molecule has 0 saturated carbocycles. The van der Waals surface area contributed by atoms with Crippen LogP contribution in [0.25, 0.3) is 0 Å². The molecule has 1 aliphatic rings. The van der Waals surface area contributed by atoms with E-state index < -0.39 is 0 Å². The Balaban J connectivity index is 2.57. The number of rotatable bonds is 1. The Morgan fingerprint density at radius 1 is 1.58 bits per heavy atom. The molecule has 0 aromatic carbocycles. The first-order chi connectivity index (χ1) is 5.57. The van der Waals surface area contributed by atoms with Crippen LogP contribution < -0.4 is 0 Å². The monoisotopic (exact) mass is 170 g/mol. The zero-order valence-corrected chi connectivity index (χ0v) is 8.18. The number of hydrogen-bond acceptors (Lipinski definition) is 2. The van der Waals surface area contributed by atoms with Gasteiger partial charge in [-0.3, -0.25) is 5.41 Å². The third-order valence-corrected chi connectivity index (χ3v) is 2.63. The number of piperidine rings is 1. The molecule has 3 nitrogen and oxygen atoms in total. The summed E-state index contributed by atoms with van der Waals surface area (Å²) in [7, 11) is 1.75.